The van der Waals surface area contributed by atoms with Crippen LogP contribution in [0, 0.1) is 31.6 Å². The lowest BCUT2D eigenvalue weighted by Crippen LogP contribution is -2.42. The minimum absolute atomic E-state index is 0.714. The molecule has 0 heterocycles. The number of rotatable bonds is 5. The van der Waals surface area contributed by atoms with E-state index in [9.17, 15) is 0 Å². The van der Waals surface area contributed by atoms with E-state index < -0.39 is 0 Å². The van der Waals surface area contributed by atoms with Crippen LogP contribution in [-0.4, -0.2) is 12.6 Å². The maximum Gasteiger partial charge on any atom is 0.00985 e. The summed E-state index contributed by atoms with van der Waals surface area (Å²) < 4.78 is 0. The topological polar surface area (TPSA) is 12.0 Å². The van der Waals surface area contributed by atoms with E-state index in [1.165, 1.54) is 42.4 Å². The molecule has 0 radical (unpaired) electrons. The highest BCUT2D eigenvalue weighted by Crippen LogP contribution is 2.35. The first-order chi connectivity index (χ1) is 9.99. The van der Waals surface area contributed by atoms with Crippen molar-refractivity contribution in [1.82, 2.24) is 5.32 Å². The Morgan fingerprint density at radius 2 is 1.76 bits per heavy atom. The molecule has 118 valence electrons. The van der Waals surface area contributed by atoms with Gasteiger partial charge in [0.1, 0.15) is 0 Å². The van der Waals surface area contributed by atoms with Crippen LogP contribution in [0.2, 0.25) is 0 Å². The molecule has 2 rings (SSSR count). The Labute approximate surface area is 131 Å². The van der Waals surface area contributed by atoms with E-state index in [4.69, 9.17) is 0 Å². The summed E-state index contributed by atoms with van der Waals surface area (Å²) in [6.45, 7) is 12.6. The SMILES string of the molecule is CCNC1CCC(C(C)C)CC1Cc1cc(C)cc(C)c1. The molecule has 3 unspecified atom stereocenters. The van der Waals surface area contributed by atoms with Gasteiger partial charge in [0.25, 0.3) is 0 Å². The average molecular weight is 287 g/mol. The molecule has 3 atom stereocenters. The third kappa shape index (κ3) is 4.57. The molecule has 0 saturated heterocycles. The molecule has 1 nitrogen and oxygen atoms in total. The highest BCUT2D eigenvalue weighted by atomic mass is 14.9. The van der Waals surface area contributed by atoms with Crippen molar-refractivity contribution in [2.45, 2.75) is 66.3 Å². The zero-order valence-electron chi connectivity index (χ0n) is 14.6. The standard InChI is InChI=1S/C20H33N/c1-6-21-20-8-7-18(14(2)3)13-19(20)12-17-10-15(4)9-16(5)11-17/h9-11,14,18-21H,6-8,12-13H2,1-5H3. The van der Waals surface area contributed by atoms with E-state index in [2.05, 4.69) is 58.1 Å². The van der Waals surface area contributed by atoms with Crippen LogP contribution in [0.15, 0.2) is 18.2 Å². The van der Waals surface area contributed by atoms with Crippen LogP contribution in [0.3, 0.4) is 0 Å². The minimum Gasteiger partial charge on any atom is -0.314 e. The van der Waals surface area contributed by atoms with Crippen molar-refractivity contribution in [3.8, 4) is 0 Å². The Hall–Kier alpha value is -0.820. The van der Waals surface area contributed by atoms with Crippen LogP contribution in [0.1, 0.15) is 56.7 Å². The maximum absolute atomic E-state index is 3.74. The predicted molar refractivity (Wildman–Crippen MR) is 92.8 cm³/mol. The quantitative estimate of drug-likeness (QED) is 0.812. The van der Waals surface area contributed by atoms with E-state index in [1.807, 2.05) is 0 Å². The van der Waals surface area contributed by atoms with Crippen molar-refractivity contribution in [3.63, 3.8) is 0 Å². The first kappa shape index (κ1) is 16.5. The second-order valence-corrected chi connectivity index (χ2v) is 7.44. The summed E-state index contributed by atoms with van der Waals surface area (Å²) in [5.41, 5.74) is 4.34. The van der Waals surface area contributed by atoms with Crippen molar-refractivity contribution in [1.29, 1.82) is 0 Å². The molecule has 21 heavy (non-hydrogen) atoms. The number of hydrogen-bond donors (Lipinski definition) is 1. The molecule has 1 heteroatoms. The summed E-state index contributed by atoms with van der Waals surface area (Å²) in [4.78, 5) is 0. The molecule has 1 aromatic rings. The number of aryl methyl sites for hydroxylation is 2. The van der Waals surface area contributed by atoms with E-state index >= 15 is 0 Å². The monoisotopic (exact) mass is 287 g/mol. The lowest BCUT2D eigenvalue weighted by molar-refractivity contribution is 0.169. The Kier molecular flexibility index (Phi) is 5.87. The molecule has 1 aliphatic rings. The van der Waals surface area contributed by atoms with Crippen molar-refractivity contribution < 1.29 is 0 Å². The number of hydrogen-bond acceptors (Lipinski definition) is 1. The Balaban J connectivity index is 2.11. The number of benzene rings is 1. The van der Waals surface area contributed by atoms with Gasteiger partial charge in [-0.1, -0.05) is 50.1 Å². The molecule has 1 aliphatic carbocycles. The van der Waals surface area contributed by atoms with Crippen molar-refractivity contribution in [2.75, 3.05) is 6.54 Å². The Morgan fingerprint density at radius 1 is 1.10 bits per heavy atom. The molecule has 1 saturated carbocycles. The van der Waals surface area contributed by atoms with Gasteiger partial charge < -0.3 is 5.32 Å². The molecular formula is C20H33N. The second kappa shape index (κ2) is 7.45. The lowest BCUT2D eigenvalue weighted by atomic mass is 9.71. The smallest absolute Gasteiger partial charge is 0.00985 e. The van der Waals surface area contributed by atoms with Gasteiger partial charge in [-0.2, -0.15) is 0 Å². The van der Waals surface area contributed by atoms with Crippen LogP contribution < -0.4 is 5.32 Å². The summed E-state index contributed by atoms with van der Waals surface area (Å²) in [6, 6.07) is 7.76. The fourth-order valence-corrected chi connectivity index (χ4v) is 4.15. The van der Waals surface area contributed by atoms with Crippen LogP contribution in [0.25, 0.3) is 0 Å². The molecule has 0 amide bonds. The summed E-state index contributed by atoms with van der Waals surface area (Å²) in [6.07, 6.45) is 5.39. The first-order valence-corrected chi connectivity index (χ1v) is 8.80. The maximum atomic E-state index is 3.74. The molecule has 0 spiro atoms. The van der Waals surface area contributed by atoms with Gasteiger partial charge >= 0.3 is 0 Å². The lowest BCUT2D eigenvalue weighted by Gasteiger charge is -2.38. The molecule has 1 N–H and O–H groups in total. The summed E-state index contributed by atoms with van der Waals surface area (Å²) in [5, 5.41) is 3.74. The van der Waals surface area contributed by atoms with E-state index in [0.717, 1.165) is 24.3 Å². The van der Waals surface area contributed by atoms with Crippen LogP contribution >= 0.6 is 0 Å². The zero-order valence-corrected chi connectivity index (χ0v) is 14.6. The normalized spacial score (nSPS) is 26.3. The molecule has 0 aliphatic heterocycles. The van der Waals surface area contributed by atoms with Crippen LogP contribution in [0.4, 0.5) is 0 Å². The number of nitrogens with one attached hydrogen (secondary N) is 1. The molecular weight excluding hydrogens is 254 g/mol. The van der Waals surface area contributed by atoms with Gasteiger partial charge in [0.15, 0.2) is 0 Å². The molecule has 1 aromatic carbocycles. The fraction of sp³-hybridized carbons (Fsp3) is 0.700. The van der Waals surface area contributed by atoms with Crippen molar-refractivity contribution in [3.05, 3.63) is 34.9 Å². The fourth-order valence-electron chi connectivity index (χ4n) is 4.15. The van der Waals surface area contributed by atoms with Gasteiger partial charge in [0.05, 0.1) is 0 Å². The van der Waals surface area contributed by atoms with Gasteiger partial charge in [0.2, 0.25) is 0 Å². The largest absolute Gasteiger partial charge is 0.314 e. The van der Waals surface area contributed by atoms with E-state index in [1.54, 1.807) is 0 Å². The van der Waals surface area contributed by atoms with Gasteiger partial charge in [-0.05, 0) is 69.4 Å². The summed E-state index contributed by atoms with van der Waals surface area (Å²) >= 11 is 0. The molecule has 0 aromatic heterocycles. The molecule has 1 fully saturated rings. The van der Waals surface area contributed by atoms with Crippen LogP contribution in [0.5, 0.6) is 0 Å². The highest BCUT2D eigenvalue weighted by Gasteiger charge is 2.31. The Bertz CT molecular complexity index is 429. The van der Waals surface area contributed by atoms with Gasteiger partial charge in [0, 0.05) is 6.04 Å². The zero-order chi connectivity index (χ0) is 15.4. The average Bonchev–Trinajstić information content (AvgIpc) is 2.39. The minimum atomic E-state index is 0.714. The van der Waals surface area contributed by atoms with Crippen LogP contribution in [-0.2, 0) is 6.42 Å². The summed E-state index contributed by atoms with van der Waals surface area (Å²) in [5.74, 6) is 2.54. The third-order valence-electron chi connectivity index (χ3n) is 5.21. The van der Waals surface area contributed by atoms with Crippen molar-refractivity contribution >= 4 is 0 Å². The second-order valence-electron chi connectivity index (χ2n) is 7.44. The first-order valence-electron chi connectivity index (χ1n) is 8.80. The third-order valence-corrected chi connectivity index (χ3v) is 5.21. The van der Waals surface area contributed by atoms with Gasteiger partial charge in [-0.25, -0.2) is 0 Å². The molecule has 0 bridgehead atoms. The van der Waals surface area contributed by atoms with E-state index in [-0.39, 0.29) is 0 Å². The van der Waals surface area contributed by atoms with Crippen molar-refractivity contribution in [2.24, 2.45) is 17.8 Å². The summed E-state index contributed by atoms with van der Waals surface area (Å²) in [7, 11) is 0. The van der Waals surface area contributed by atoms with E-state index in [0.29, 0.717) is 6.04 Å². The predicted octanol–water partition coefficient (Wildman–Crippen LogP) is 4.90. The van der Waals surface area contributed by atoms with Gasteiger partial charge in [-0.15, -0.1) is 0 Å². The Morgan fingerprint density at radius 3 is 2.33 bits per heavy atom. The van der Waals surface area contributed by atoms with Gasteiger partial charge in [-0.3, -0.25) is 0 Å². The highest BCUT2D eigenvalue weighted by molar-refractivity contribution is 5.29.